The van der Waals surface area contributed by atoms with Crippen LogP contribution in [0.25, 0.3) is 11.5 Å². The molecule has 0 spiro atoms. The number of carbonyl (C=O) groups is 1. The number of aryl methyl sites for hydroxylation is 2. The molecule has 2 aromatic rings. The topological polar surface area (TPSA) is 82.2 Å². The molecule has 2 heterocycles. The Kier molecular flexibility index (Phi) is 3.57. The fourth-order valence-corrected chi connectivity index (χ4v) is 2.17. The molecule has 0 unspecified atom stereocenters. The van der Waals surface area contributed by atoms with Crippen molar-refractivity contribution >= 4 is 16.1 Å². The van der Waals surface area contributed by atoms with Crippen LogP contribution in [0, 0.1) is 6.92 Å². The van der Waals surface area contributed by atoms with E-state index in [0.29, 0.717) is 23.3 Å². The van der Waals surface area contributed by atoms with Crippen LogP contribution in [0.3, 0.4) is 0 Å². The van der Waals surface area contributed by atoms with Crippen LogP contribution in [-0.4, -0.2) is 36.5 Å². The highest BCUT2D eigenvalue weighted by Gasteiger charge is 2.14. The molecule has 19 heavy (non-hydrogen) atoms. The lowest BCUT2D eigenvalue weighted by atomic mass is 10.2. The first-order valence-corrected chi connectivity index (χ1v) is 7.72. The fraction of sp³-hybridized carbons (Fsp3) is 0.333. The molecular weight excluding hydrogens is 268 g/mol. The molecule has 0 aliphatic heterocycles. The maximum Gasteiger partial charge on any atom is 0.155 e. The Morgan fingerprint density at radius 1 is 1.42 bits per heavy atom. The van der Waals surface area contributed by atoms with E-state index in [0.717, 1.165) is 12.0 Å². The van der Waals surface area contributed by atoms with Gasteiger partial charge in [-0.2, -0.15) is 5.10 Å². The van der Waals surface area contributed by atoms with Crippen molar-refractivity contribution in [2.24, 2.45) is 0 Å². The predicted molar refractivity (Wildman–Crippen MR) is 69.8 cm³/mol. The van der Waals surface area contributed by atoms with Crippen molar-refractivity contribution < 1.29 is 17.6 Å². The zero-order valence-corrected chi connectivity index (χ0v) is 11.5. The van der Waals surface area contributed by atoms with Gasteiger partial charge in [0.2, 0.25) is 0 Å². The van der Waals surface area contributed by atoms with E-state index in [1.165, 1.54) is 10.9 Å². The normalized spacial score (nSPS) is 11.7. The quantitative estimate of drug-likeness (QED) is 0.772. The summed E-state index contributed by atoms with van der Waals surface area (Å²) in [4.78, 5) is 11.0. The van der Waals surface area contributed by atoms with Gasteiger partial charge in [-0.15, -0.1) is 0 Å². The summed E-state index contributed by atoms with van der Waals surface area (Å²) in [5, 5.41) is 4.19. The van der Waals surface area contributed by atoms with Crippen LogP contribution in [0.4, 0.5) is 0 Å². The van der Waals surface area contributed by atoms with Crippen molar-refractivity contribution in [3.05, 3.63) is 29.7 Å². The van der Waals surface area contributed by atoms with E-state index >= 15 is 0 Å². The van der Waals surface area contributed by atoms with Gasteiger partial charge < -0.3 is 4.42 Å². The Morgan fingerprint density at radius 2 is 2.16 bits per heavy atom. The second kappa shape index (κ2) is 5.00. The molecule has 0 fully saturated rings. The molecule has 2 rings (SSSR count). The number of aldehydes is 1. The third kappa shape index (κ3) is 3.31. The highest BCUT2D eigenvalue weighted by molar-refractivity contribution is 7.90. The lowest BCUT2D eigenvalue weighted by Crippen LogP contribution is -2.11. The van der Waals surface area contributed by atoms with E-state index in [1.54, 1.807) is 19.1 Å². The van der Waals surface area contributed by atoms with Crippen molar-refractivity contribution in [2.75, 3.05) is 12.0 Å². The maximum atomic E-state index is 11.1. The van der Waals surface area contributed by atoms with E-state index in [2.05, 4.69) is 5.10 Å². The van der Waals surface area contributed by atoms with E-state index < -0.39 is 9.84 Å². The minimum absolute atomic E-state index is 0.0242. The van der Waals surface area contributed by atoms with Crippen LogP contribution in [0.15, 0.2) is 22.7 Å². The number of aromatic nitrogens is 2. The van der Waals surface area contributed by atoms with Gasteiger partial charge in [0.05, 0.1) is 17.9 Å². The van der Waals surface area contributed by atoms with Crippen LogP contribution in [0.1, 0.15) is 16.1 Å². The van der Waals surface area contributed by atoms with Gasteiger partial charge >= 0.3 is 0 Å². The second-order valence-corrected chi connectivity index (χ2v) is 6.61. The van der Waals surface area contributed by atoms with E-state index in [9.17, 15) is 13.2 Å². The average Bonchev–Trinajstić information content (AvgIpc) is 2.91. The lowest BCUT2D eigenvalue weighted by Gasteiger charge is -1.98. The van der Waals surface area contributed by atoms with Gasteiger partial charge in [-0.1, -0.05) is 0 Å². The van der Waals surface area contributed by atoms with Crippen LogP contribution < -0.4 is 0 Å². The van der Waals surface area contributed by atoms with Crippen molar-refractivity contribution in [3.8, 4) is 11.5 Å². The number of furan rings is 1. The standard InChI is InChI=1S/C12H14N2O4S/c1-9-3-4-11(18-9)12-10(8-15)7-14(13-12)5-6-19(2,16)17/h3-4,7-8H,5-6H2,1-2H3. The summed E-state index contributed by atoms with van der Waals surface area (Å²) in [7, 11) is -3.07. The Balaban J connectivity index is 2.30. The van der Waals surface area contributed by atoms with Crippen molar-refractivity contribution in [2.45, 2.75) is 13.5 Å². The SMILES string of the molecule is Cc1ccc(-c2nn(CCS(C)(=O)=O)cc2C=O)o1. The molecule has 0 saturated heterocycles. The predicted octanol–water partition coefficient (Wildman–Crippen LogP) is 1.31. The molecule has 0 bridgehead atoms. The van der Waals surface area contributed by atoms with E-state index in [4.69, 9.17) is 4.42 Å². The zero-order valence-electron chi connectivity index (χ0n) is 10.7. The van der Waals surface area contributed by atoms with Gasteiger partial charge in [0.1, 0.15) is 21.3 Å². The number of hydrogen-bond acceptors (Lipinski definition) is 5. The summed E-state index contributed by atoms with van der Waals surface area (Å²) in [6.07, 6.45) is 3.36. The molecule has 0 aliphatic rings. The lowest BCUT2D eigenvalue weighted by molar-refractivity contribution is 0.112. The third-order valence-electron chi connectivity index (χ3n) is 2.58. The summed E-state index contributed by atoms with van der Waals surface area (Å²) in [6, 6.07) is 3.50. The number of hydrogen-bond donors (Lipinski definition) is 0. The van der Waals surface area contributed by atoms with Crippen molar-refractivity contribution in [1.82, 2.24) is 9.78 Å². The molecule has 7 heteroatoms. The van der Waals surface area contributed by atoms with Gasteiger partial charge in [-0.3, -0.25) is 9.48 Å². The summed E-state index contributed by atoms with van der Waals surface area (Å²) < 4.78 is 29.1. The molecule has 0 atom stereocenters. The first kappa shape index (κ1) is 13.5. The van der Waals surface area contributed by atoms with Gasteiger partial charge in [-0.25, -0.2) is 8.42 Å². The summed E-state index contributed by atoms with van der Waals surface area (Å²) in [5.74, 6) is 1.19. The van der Waals surface area contributed by atoms with Crippen LogP contribution in [-0.2, 0) is 16.4 Å². The number of carbonyl (C=O) groups excluding carboxylic acids is 1. The molecule has 0 radical (unpaired) electrons. The maximum absolute atomic E-state index is 11.1. The Morgan fingerprint density at radius 3 is 2.68 bits per heavy atom. The average molecular weight is 282 g/mol. The molecule has 0 N–H and O–H groups in total. The Bertz CT molecular complexity index is 697. The van der Waals surface area contributed by atoms with Gasteiger partial charge in [0, 0.05) is 12.5 Å². The van der Waals surface area contributed by atoms with E-state index in [1.807, 2.05) is 0 Å². The fourth-order valence-electron chi connectivity index (χ4n) is 1.65. The Hall–Kier alpha value is -1.89. The van der Waals surface area contributed by atoms with Gasteiger partial charge in [-0.05, 0) is 19.1 Å². The highest BCUT2D eigenvalue weighted by Crippen LogP contribution is 2.23. The highest BCUT2D eigenvalue weighted by atomic mass is 32.2. The second-order valence-electron chi connectivity index (χ2n) is 4.35. The Labute approximate surface area is 111 Å². The zero-order chi connectivity index (χ0) is 14.0. The third-order valence-corrected chi connectivity index (χ3v) is 3.51. The van der Waals surface area contributed by atoms with Crippen LogP contribution in [0.5, 0.6) is 0 Å². The summed E-state index contributed by atoms with van der Waals surface area (Å²) in [5.41, 5.74) is 0.805. The minimum atomic E-state index is -3.07. The molecule has 0 amide bonds. The number of sulfone groups is 1. The van der Waals surface area contributed by atoms with Crippen LogP contribution in [0.2, 0.25) is 0 Å². The molecule has 6 nitrogen and oxygen atoms in total. The largest absolute Gasteiger partial charge is 0.460 e. The first-order chi connectivity index (χ1) is 8.89. The van der Waals surface area contributed by atoms with Crippen molar-refractivity contribution in [1.29, 1.82) is 0 Å². The monoisotopic (exact) mass is 282 g/mol. The molecule has 102 valence electrons. The number of rotatable bonds is 5. The van der Waals surface area contributed by atoms with Crippen molar-refractivity contribution in [3.63, 3.8) is 0 Å². The smallest absolute Gasteiger partial charge is 0.155 e. The molecular formula is C12H14N2O4S. The summed E-state index contributed by atoms with van der Waals surface area (Å²) in [6.45, 7) is 2.00. The number of nitrogens with zero attached hydrogens (tertiary/aromatic N) is 2. The first-order valence-electron chi connectivity index (χ1n) is 5.66. The van der Waals surface area contributed by atoms with Crippen LogP contribution >= 0.6 is 0 Å². The van der Waals surface area contributed by atoms with Gasteiger partial charge in [0.15, 0.2) is 12.0 Å². The summed E-state index contributed by atoms with van der Waals surface area (Å²) >= 11 is 0. The minimum Gasteiger partial charge on any atom is -0.460 e. The van der Waals surface area contributed by atoms with E-state index in [-0.39, 0.29) is 12.3 Å². The van der Waals surface area contributed by atoms with Gasteiger partial charge in [0.25, 0.3) is 0 Å². The molecule has 0 saturated carbocycles. The molecule has 0 aromatic carbocycles. The molecule has 0 aliphatic carbocycles. The molecule has 2 aromatic heterocycles.